The van der Waals surface area contributed by atoms with Gasteiger partial charge < -0.3 is 0 Å². The molecule has 2 heteroatoms. The first kappa shape index (κ1) is 17.3. The topological polar surface area (TPSA) is 17.1 Å². The van der Waals surface area contributed by atoms with Crippen LogP contribution in [-0.4, -0.2) is 12.0 Å². The normalized spacial score (nSPS) is 20.0. The van der Waals surface area contributed by atoms with E-state index in [1.807, 2.05) is 0 Å². The second kappa shape index (κ2) is 9.19. The van der Waals surface area contributed by atoms with E-state index in [-0.39, 0.29) is 0 Å². The van der Waals surface area contributed by atoms with Gasteiger partial charge in [-0.15, -0.1) is 11.8 Å². The van der Waals surface area contributed by atoms with Crippen molar-refractivity contribution in [2.45, 2.75) is 63.2 Å². The second-order valence-corrected chi connectivity index (χ2v) is 7.13. The van der Waals surface area contributed by atoms with E-state index in [1.54, 1.807) is 11.8 Å². The van der Waals surface area contributed by atoms with Crippen LogP contribution in [0.25, 0.3) is 6.08 Å². The van der Waals surface area contributed by atoms with Crippen LogP contribution in [0.3, 0.4) is 0 Å². The number of ketones is 1. The van der Waals surface area contributed by atoms with Gasteiger partial charge in [-0.3, -0.25) is 4.79 Å². The van der Waals surface area contributed by atoms with E-state index in [0.717, 1.165) is 30.4 Å². The monoisotopic (exact) mass is 316 g/mol. The highest BCUT2D eigenvalue weighted by Crippen LogP contribution is 2.32. The summed E-state index contributed by atoms with van der Waals surface area (Å²) in [6, 6.07) is 8.48. The van der Waals surface area contributed by atoms with Crippen LogP contribution in [0.1, 0.15) is 63.9 Å². The van der Waals surface area contributed by atoms with Crippen molar-refractivity contribution in [1.82, 2.24) is 0 Å². The average molecular weight is 317 g/mol. The number of hydrogen-bond acceptors (Lipinski definition) is 2. The Balaban J connectivity index is 1.85. The Kier molecular flexibility index (Phi) is 7.24. The van der Waals surface area contributed by atoms with E-state index in [2.05, 4.69) is 43.5 Å². The molecule has 2 rings (SSSR count). The summed E-state index contributed by atoms with van der Waals surface area (Å²) in [7, 11) is 0. The summed E-state index contributed by atoms with van der Waals surface area (Å²) in [5.41, 5.74) is 2.19. The van der Waals surface area contributed by atoms with Crippen molar-refractivity contribution in [3.8, 4) is 0 Å². The molecule has 1 aliphatic carbocycles. The number of hydrogen-bond donors (Lipinski definition) is 0. The van der Waals surface area contributed by atoms with E-state index >= 15 is 0 Å². The van der Waals surface area contributed by atoms with Crippen molar-refractivity contribution in [3.63, 3.8) is 0 Å². The summed E-state index contributed by atoms with van der Waals surface area (Å²) in [6.45, 7) is 2.24. The predicted molar refractivity (Wildman–Crippen MR) is 97.3 cm³/mol. The lowest BCUT2D eigenvalue weighted by molar-refractivity contribution is -0.117. The zero-order valence-corrected chi connectivity index (χ0v) is 14.8. The summed E-state index contributed by atoms with van der Waals surface area (Å²) >= 11 is 1.75. The van der Waals surface area contributed by atoms with Crippen molar-refractivity contribution >= 4 is 23.6 Å². The summed E-state index contributed by atoms with van der Waals surface area (Å²) in [5, 5.41) is 0. The van der Waals surface area contributed by atoms with E-state index < -0.39 is 0 Å². The molecule has 1 atom stereocenters. The van der Waals surface area contributed by atoms with Gasteiger partial charge in [-0.1, -0.05) is 51.2 Å². The van der Waals surface area contributed by atoms with E-state index in [0.29, 0.717) is 11.7 Å². The average Bonchev–Trinajstić information content (AvgIpc) is 2.89. The first-order valence-corrected chi connectivity index (χ1v) is 9.86. The Bertz CT molecular complexity index is 501. The van der Waals surface area contributed by atoms with Crippen molar-refractivity contribution < 1.29 is 4.79 Å². The highest BCUT2D eigenvalue weighted by molar-refractivity contribution is 7.98. The van der Waals surface area contributed by atoms with Crippen LogP contribution in [0.5, 0.6) is 0 Å². The number of benzene rings is 1. The lowest BCUT2D eigenvalue weighted by Crippen LogP contribution is -2.07. The van der Waals surface area contributed by atoms with Crippen molar-refractivity contribution in [2.75, 3.05) is 6.26 Å². The predicted octanol–water partition coefficient (Wildman–Crippen LogP) is 6.13. The van der Waals surface area contributed by atoms with Gasteiger partial charge >= 0.3 is 0 Å². The number of rotatable bonds is 8. The molecule has 1 saturated carbocycles. The highest BCUT2D eigenvalue weighted by Gasteiger charge is 2.28. The third-order valence-corrected chi connectivity index (χ3v) is 5.31. The minimum Gasteiger partial charge on any atom is -0.294 e. The highest BCUT2D eigenvalue weighted by atomic mass is 32.2. The Labute approximate surface area is 139 Å². The van der Waals surface area contributed by atoms with Gasteiger partial charge in [0.25, 0.3) is 0 Å². The van der Waals surface area contributed by atoms with Crippen LogP contribution < -0.4 is 0 Å². The number of allylic oxidation sites excluding steroid dienone is 1. The number of unbranched alkanes of at least 4 members (excludes halogenated alkanes) is 4. The smallest absolute Gasteiger partial charge is 0.161 e. The summed E-state index contributed by atoms with van der Waals surface area (Å²) in [4.78, 5) is 13.7. The van der Waals surface area contributed by atoms with Crippen LogP contribution >= 0.6 is 11.8 Å². The van der Waals surface area contributed by atoms with E-state index in [4.69, 9.17) is 0 Å². The molecule has 1 aromatic carbocycles. The van der Waals surface area contributed by atoms with Gasteiger partial charge in [0.1, 0.15) is 0 Å². The molecule has 0 radical (unpaired) electrons. The molecule has 1 unspecified atom stereocenters. The lowest BCUT2D eigenvalue weighted by Gasteiger charge is -2.07. The van der Waals surface area contributed by atoms with Crippen molar-refractivity contribution in [1.29, 1.82) is 0 Å². The van der Waals surface area contributed by atoms with Crippen LogP contribution in [0.15, 0.2) is 34.7 Å². The van der Waals surface area contributed by atoms with Crippen molar-refractivity contribution in [3.05, 3.63) is 35.4 Å². The molecule has 0 aliphatic heterocycles. The molecule has 1 aromatic rings. The number of carbonyl (C=O) groups excluding carboxylic acids is 1. The zero-order valence-electron chi connectivity index (χ0n) is 13.9. The fraction of sp³-hybridized carbons (Fsp3) is 0.550. The van der Waals surface area contributed by atoms with E-state index in [9.17, 15) is 4.79 Å². The standard InChI is InChI=1S/C20H28OS/c1-3-4-5-6-7-8-17-11-12-18(20(17)21)15-16-9-13-19(22-2)14-10-16/h9-10,13-15,17H,3-8,11-12H2,1-2H3/b18-15+. The Morgan fingerprint density at radius 2 is 1.86 bits per heavy atom. The minimum absolute atomic E-state index is 0.290. The van der Waals surface area contributed by atoms with Gasteiger partial charge in [0.2, 0.25) is 0 Å². The molecule has 120 valence electrons. The minimum atomic E-state index is 0.290. The SMILES string of the molecule is CCCCCCCC1CC/C(=C\c2ccc(SC)cc2)C1=O. The molecular formula is C20H28OS. The number of carbonyl (C=O) groups is 1. The molecule has 1 nitrogen and oxygen atoms in total. The summed E-state index contributed by atoms with van der Waals surface area (Å²) < 4.78 is 0. The quantitative estimate of drug-likeness (QED) is 0.326. The van der Waals surface area contributed by atoms with Crippen LogP contribution in [0.4, 0.5) is 0 Å². The molecule has 0 heterocycles. The first-order valence-electron chi connectivity index (χ1n) is 8.63. The van der Waals surface area contributed by atoms with Gasteiger partial charge in [-0.25, -0.2) is 0 Å². The molecule has 0 bridgehead atoms. The van der Waals surface area contributed by atoms with E-state index in [1.165, 1.54) is 37.0 Å². The Hall–Kier alpha value is -1.02. The zero-order chi connectivity index (χ0) is 15.8. The fourth-order valence-electron chi connectivity index (χ4n) is 3.16. The number of Topliss-reactive ketones (excluding diaryl/α,β-unsaturated/α-hetero) is 1. The summed E-state index contributed by atoms with van der Waals surface area (Å²) in [5.74, 6) is 0.697. The van der Waals surface area contributed by atoms with Gasteiger partial charge in [-0.05, 0) is 54.9 Å². The largest absolute Gasteiger partial charge is 0.294 e. The van der Waals surface area contributed by atoms with Gasteiger partial charge in [-0.2, -0.15) is 0 Å². The molecule has 0 aromatic heterocycles. The first-order chi connectivity index (χ1) is 10.7. The third kappa shape index (κ3) is 5.01. The fourth-order valence-corrected chi connectivity index (χ4v) is 3.57. The maximum atomic E-state index is 12.5. The van der Waals surface area contributed by atoms with Crippen LogP contribution in [0.2, 0.25) is 0 Å². The summed E-state index contributed by atoms with van der Waals surface area (Å²) in [6.07, 6.45) is 13.7. The number of thioether (sulfide) groups is 1. The van der Waals surface area contributed by atoms with Crippen molar-refractivity contribution in [2.24, 2.45) is 5.92 Å². The van der Waals surface area contributed by atoms with Gasteiger partial charge in [0, 0.05) is 10.8 Å². The molecule has 0 saturated heterocycles. The second-order valence-electron chi connectivity index (χ2n) is 6.25. The Morgan fingerprint density at radius 3 is 2.55 bits per heavy atom. The molecule has 0 amide bonds. The Morgan fingerprint density at radius 1 is 1.14 bits per heavy atom. The third-order valence-electron chi connectivity index (χ3n) is 4.56. The van der Waals surface area contributed by atoms with Gasteiger partial charge in [0.05, 0.1) is 0 Å². The molecule has 0 N–H and O–H groups in total. The lowest BCUT2D eigenvalue weighted by atomic mass is 9.97. The molecular weight excluding hydrogens is 288 g/mol. The van der Waals surface area contributed by atoms with Gasteiger partial charge in [0.15, 0.2) is 5.78 Å². The van der Waals surface area contributed by atoms with Crippen LogP contribution in [-0.2, 0) is 4.79 Å². The molecule has 1 aliphatic rings. The maximum absolute atomic E-state index is 12.5. The van der Waals surface area contributed by atoms with Crippen LogP contribution in [0, 0.1) is 5.92 Å². The maximum Gasteiger partial charge on any atom is 0.161 e. The molecule has 22 heavy (non-hydrogen) atoms. The molecule has 1 fully saturated rings. The molecule has 0 spiro atoms.